The number of ether oxygens (including phenoxy) is 3. The third-order valence-electron chi connectivity index (χ3n) is 11.0. The number of esters is 3. The van der Waals surface area contributed by atoms with Crippen molar-refractivity contribution in [3.8, 4) is 0 Å². The first-order valence-corrected chi connectivity index (χ1v) is 26.9. The lowest BCUT2D eigenvalue weighted by Crippen LogP contribution is -2.30. The molecule has 0 saturated carbocycles. The standard InChI is InChI=1S/C60H98O6/c1-4-7-10-13-16-19-22-25-27-29-30-32-33-35-38-41-44-47-50-53-59(62)65-56-57(55-64-58(61)52-49-46-43-40-37-24-21-18-15-12-9-6-3)66-60(63)54-51-48-45-42-39-36-34-31-28-26-23-20-17-14-11-8-5-2/h7,10,16,19,25-28,30,32,34-36,38,42,44-45,47,57H,4-6,8-9,11-15,17-18,20-24,29,31,33,37,39-41,43,46,48-56H2,1-3H3/b10-7-,19-16-,27-25-,28-26-,32-30-,36-34-,38-35-,45-42-,47-44-/t57-/m0/s1. The van der Waals surface area contributed by atoms with Gasteiger partial charge in [0.05, 0.1) is 0 Å². The Bertz CT molecular complexity index is 1370. The molecule has 0 unspecified atom stereocenters. The molecule has 0 amide bonds. The van der Waals surface area contributed by atoms with Gasteiger partial charge in [-0.1, -0.05) is 233 Å². The highest BCUT2D eigenvalue weighted by atomic mass is 16.6. The highest BCUT2D eigenvalue weighted by molar-refractivity contribution is 5.71. The molecule has 0 aliphatic heterocycles. The van der Waals surface area contributed by atoms with Gasteiger partial charge in [0.1, 0.15) is 13.2 Å². The first-order chi connectivity index (χ1) is 32.5. The zero-order chi connectivity index (χ0) is 47.9. The van der Waals surface area contributed by atoms with Crippen LogP contribution in [0.25, 0.3) is 0 Å². The quantitative estimate of drug-likeness (QED) is 0.0262. The maximum absolute atomic E-state index is 12.8. The Labute approximate surface area is 406 Å². The molecule has 0 aromatic heterocycles. The molecule has 0 aliphatic rings. The predicted molar refractivity (Wildman–Crippen MR) is 283 cm³/mol. The van der Waals surface area contributed by atoms with Crippen molar-refractivity contribution < 1.29 is 28.6 Å². The van der Waals surface area contributed by atoms with E-state index in [1.165, 1.54) is 103 Å². The first kappa shape index (κ1) is 62.1. The van der Waals surface area contributed by atoms with Gasteiger partial charge in [-0.15, -0.1) is 0 Å². The maximum Gasteiger partial charge on any atom is 0.306 e. The summed E-state index contributed by atoms with van der Waals surface area (Å²) >= 11 is 0. The molecule has 0 radical (unpaired) electrons. The van der Waals surface area contributed by atoms with Gasteiger partial charge >= 0.3 is 17.9 Å². The summed E-state index contributed by atoms with van der Waals surface area (Å²) in [6.45, 7) is 6.40. The van der Waals surface area contributed by atoms with Crippen molar-refractivity contribution in [2.45, 2.75) is 239 Å². The fraction of sp³-hybridized carbons (Fsp3) is 0.650. The van der Waals surface area contributed by atoms with Gasteiger partial charge in [-0.25, -0.2) is 0 Å². The van der Waals surface area contributed by atoms with E-state index in [0.717, 1.165) is 77.0 Å². The van der Waals surface area contributed by atoms with Crippen LogP contribution in [0.15, 0.2) is 109 Å². The Kier molecular flexibility index (Phi) is 50.5. The Hall–Kier alpha value is -3.93. The van der Waals surface area contributed by atoms with Crippen LogP contribution in [0.5, 0.6) is 0 Å². The molecule has 6 heteroatoms. The third-order valence-corrected chi connectivity index (χ3v) is 11.0. The van der Waals surface area contributed by atoms with Gasteiger partial charge in [-0.2, -0.15) is 0 Å². The largest absolute Gasteiger partial charge is 0.462 e. The van der Waals surface area contributed by atoms with Crippen LogP contribution in [0.4, 0.5) is 0 Å². The van der Waals surface area contributed by atoms with Gasteiger partial charge in [0, 0.05) is 19.3 Å². The van der Waals surface area contributed by atoms with Crippen LogP contribution in [0.2, 0.25) is 0 Å². The summed E-state index contributed by atoms with van der Waals surface area (Å²) in [6, 6.07) is 0. The van der Waals surface area contributed by atoms with Crippen molar-refractivity contribution in [1.29, 1.82) is 0 Å². The molecule has 0 aromatic carbocycles. The molecule has 0 bridgehead atoms. The Balaban J connectivity index is 4.58. The van der Waals surface area contributed by atoms with E-state index in [9.17, 15) is 14.4 Å². The second-order valence-electron chi connectivity index (χ2n) is 17.4. The minimum absolute atomic E-state index is 0.121. The van der Waals surface area contributed by atoms with Crippen molar-refractivity contribution in [2.75, 3.05) is 13.2 Å². The van der Waals surface area contributed by atoms with Crippen molar-refractivity contribution in [3.63, 3.8) is 0 Å². The van der Waals surface area contributed by atoms with Crippen LogP contribution in [-0.2, 0) is 28.6 Å². The van der Waals surface area contributed by atoms with E-state index >= 15 is 0 Å². The predicted octanol–water partition coefficient (Wildman–Crippen LogP) is 17.9. The molecule has 0 fully saturated rings. The molecule has 6 nitrogen and oxygen atoms in total. The number of carbonyl (C=O) groups excluding carboxylic acids is 3. The Morgan fingerprint density at radius 3 is 1.06 bits per heavy atom. The first-order valence-electron chi connectivity index (χ1n) is 26.9. The molecule has 1 atom stereocenters. The molecule has 0 saturated heterocycles. The van der Waals surface area contributed by atoms with Gasteiger partial charge in [0.2, 0.25) is 0 Å². The lowest BCUT2D eigenvalue weighted by Gasteiger charge is -2.18. The van der Waals surface area contributed by atoms with Gasteiger partial charge in [0.15, 0.2) is 6.10 Å². The van der Waals surface area contributed by atoms with E-state index in [4.69, 9.17) is 14.2 Å². The topological polar surface area (TPSA) is 78.9 Å². The average molecular weight is 915 g/mol. The molecule has 66 heavy (non-hydrogen) atoms. The molecule has 0 heterocycles. The van der Waals surface area contributed by atoms with E-state index in [1.54, 1.807) is 0 Å². The summed E-state index contributed by atoms with van der Waals surface area (Å²) in [5, 5.41) is 0. The lowest BCUT2D eigenvalue weighted by molar-refractivity contribution is -0.166. The van der Waals surface area contributed by atoms with E-state index in [1.807, 2.05) is 12.2 Å². The smallest absolute Gasteiger partial charge is 0.306 e. The summed E-state index contributed by atoms with van der Waals surface area (Å²) in [5.74, 6) is -1.07. The molecule has 0 aromatic rings. The average Bonchev–Trinajstić information content (AvgIpc) is 3.31. The highest BCUT2D eigenvalue weighted by Gasteiger charge is 2.19. The minimum atomic E-state index is -0.834. The summed E-state index contributed by atoms with van der Waals surface area (Å²) in [5.41, 5.74) is 0. The Morgan fingerprint density at radius 2 is 0.636 bits per heavy atom. The second kappa shape index (κ2) is 53.7. The number of unbranched alkanes of at least 4 members (excludes halogenated alkanes) is 18. The summed E-state index contributed by atoms with van der Waals surface area (Å²) in [7, 11) is 0. The monoisotopic (exact) mass is 915 g/mol. The molecule has 0 N–H and O–H groups in total. The Morgan fingerprint density at radius 1 is 0.318 bits per heavy atom. The number of carbonyl (C=O) groups is 3. The van der Waals surface area contributed by atoms with Gasteiger partial charge in [-0.05, 0) is 89.9 Å². The molecular weight excluding hydrogens is 817 g/mol. The zero-order valence-electron chi connectivity index (χ0n) is 42.7. The summed E-state index contributed by atoms with van der Waals surface area (Å²) in [6.07, 6.45) is 72.3. The fourth-order valence-electron chi connectivity index (χ4n) is 7.01. The SMILES string of the molecule is CC/C=C\C/C=C\C/C=C\C/C=C\C/C=C\C/C=C\CCC(=O)OC[C@H](COC(=O)CCCCCCCCCCCCCC)OC(=O)CCC/C=C\C/C=C\C/C=C\CCCCCCCC. The number of rotatable bonds is 47. The molecule has 0 spiro atoms. The van der Waals surface area contributed by atoms with E-state index in [2.05, 4.69) is 118 Å². The van der Waals surface area contributed by atoms with Crippen LogP contribution < -0.4 is 0 Å². The molecule has 374 valence electrons. The zero-order valence-corrected chi connectivity index (χ0v) is 42.7. The third kappa shape index (κ3) is 51.1. The lowest BCUT2D eigenvalue weighted by atomic mass is 10.0. The second-order valence-corrected chi connectivity index (χ2v) is 17.4. The van der Waals surface area contributed by atoms with Gasteiger partial charge in [0.25, 0.3) is 0 Å². The molecular formula is C60H98O6. The van der Waals surface area contributed by atoms with Crippen LogP contribution in [0.3, 0.4) is 0 Å². The van der Waals surface area contributed by atoms with Crippen molar-refractivity contribution in [1.82, 2.24) is 0 Å². The number of allylic oxidation sites excluding steroid dienone is 18. The fourth-order valence-corrected chi connectivity index (χ4v) is 7.01. The van der Waals surface area contributed by atoms with Gasteiger partial charge in [-0.3, -0.25) is 14.4 Å². The summed E-state index contributed by atoms with van der Waals surface area (Å²) in [4.78, 5) is 38.0. The van der Waals surface area contributed by atoms with Crippen LogP contribution in [0.1, 0.15) is 233 Å². The highest BCUT2D eigenvalue weighted by Crippen LogP contribution is 2.14. The minimum Gasteiger partial charge on any atom is -0.462 e. The summed E-state index contributed by atoms with van der Waals surface area (Å²) < 4.78 is 16.7. The van der Waals surface area contributed by atoms with Crippen molar-refractivity contribution >= 4 is 17.9 Å². The van der Waals surface area contributed by atoms with E-state index in [-0.39, 0.29) is 44.0 Å². The van der Waals surface area contributed by atoms with Crippen LogP contribution in [-0.4, -0.2) is 37.2 Å². The van der Waals surface area contributed by atoms with E-state index in [0.29, 0.717) is 19.3 Å². The number of hydrogen-bond acceptors (Lipinski definition) is 6. The van der Waals surface area contributed by atoms with Gasteiger partial charge < -0.3 is 14.2 Å². The van der Waals surface area contributed by atoms with Crippen molar-refractivity contribution in [3.05, 3.63) is 109 Å². The van der Waals surface area contributed by atoms with Crippen LogP contribution in [0, 0.1) is 0 Å². The molecule has 0 aliphatic carbocycles. The molecule has 0 rings (SSSR count). The number of hydrogen-bond donors (Lipinski definition) is 0. The normalized spacial score (nSPS) is 13.0. The maximum atomic E-state index is 12.8. The van der Waals surface area contributed by atoms with E-state index < -0.39 is 6.10 Å². The van der Waals surface area contributed by atoms with Crippen LogP contribution >= 0.6 is 0 Å². The van der Waals surface area contributed by atoms with Crippen molar-refractivity contribution in [2.24, 2.45) is 0 Å².